The van der Waals surface area contributed by atoms with Crippen LogP contribution in [-0.4, -0.2) is 144 Å². The number of likely N-dealkylation sites (N-methyl/N-ethyl adjacent to an activating group) is 1. The smallest absolute Gasteiger partial charge is 0.314 e. The van der Waals surface area contributed by atoms with Crippen LogP contribution in [-0.2, 0) is 30.4 Å². The normalized spacial score (nSPS) is 17.8. The van der Waals surface area contributed by atoms with E-state index in [0.29, 0.717) is 62.9 Å². The number of aliphatic hydroxyl groups is 1. The first-order chi connectivity index (χ1) is 30.3. The van der Waals surface area contributed by atoms with Crippen molar-refractivity contribution in [2.75, 3.05) is 89.6 Å². The van der Waals surface area contributed by atoms with Crippen molar-refractivity contribution in [3.8, 4) is 22.6 Å². The zero-order valence-electron chi connectivity index (χ0n) is 34.4. The van der Waals surface area contributed by atoms with Crippen molar-refractivity contribution in [1.29, 1.82) is 0 Å². The molecule has 63 heavy (non-hydrogen) atoms. The summed E-state index contributed by atoms with van der Waals surface area (Å²) in [4.78, 5) is 64.1. The zero-order valence-corrected chi connectivity index (χ0v) is 35.2. The van der Waals surface area contributed by atoms with Crippen molar-refractivity contribution in [3.63, 3.8) is 0 Å². The van der Waals surface area contributed by atoms with Crippen LogP contribution in [0.4, 0.5) is 25.3 Å². The lowest BCUT2D eigenvalue weighted by molar-refractivity contribution is -0.141. The molecular weight excluding hydrogens is 848 g/mol. The van der Waals surface area contributed by atoms with Crippen LogP contribution in [0, 0.1) is 11.6 Å². The number of urea groups is 1. The quantitative estimate of drug-likeness (QED) is 0.0759. The molecule has 0 saturated carbocycles. The minimum absolute atomic E-state index is 0.00516. The largest absolute Gasteiger partial charge is 0.507 e. The number of piperazine rings is 1. The SMILES string of the molecule is CN(CCOCCOCCOc1ccc2c(c1)CN(C1CCC(=O)NC1=O)C2O)C(=O)CCNc1nc(N2CCN(C(N)=O)CC2)c2cc(Cl)c(-c3c(O)cccc3F)c(F)c2n1. The number of hydrogen-bond donors (Lipinski definition) is 5. The van der Waals surface area contributed by atoms with Gasteiger partial charge < -0.3 is 50.2 Å². The third-order valence-corrected chi connectivity index (χ3v) is 11.5. The number of piperidine rings is 1. The Balaban J connectivity index is 0.851. The van der Waals surface area contributed by atoms with Crippen molar-refractivity contribution in [1.82, 2.24) is 30.0 Å². The average molecular weight is 896 g/mol. The Kier molecular flexibility index (Phi) is 14.4. The summed E-state index contributed by atoms with van der Waals surface area (Å²) < 4.78 is 48.4. The number of carbonyl (C=O) groups excluding carboxylic acids is 4. The molecule has 4 heterocycles. The van der Waals surface area contributed by atoms with E-state index >= 15 is 4.39 Å². The van der Waals surface area contributed by atoms with Gasteiger partial charge in [0.05, 0.1) is 43.1 Å². The Morgan fingerprint density at radius 1 is 1.02 bits per heavy atom. The predicted octanol–water partition coefficient (Wildman–Crippen LogP) is 3.12. The molecule has 2 unspecified atom stereocenters. The third kappa shape index (κ3) is 10.3. The van der Waals surface area contributed by atoms with Crippen LogP contribution in [0.25, 0.3) is 22.0 Å². The van der Waals surface area contributed by atoms with Crippen LogP contribution in [0.2, 0.25) is 5.02 Å². The molecule has 2 saturated heterocycles. The van der Waals surface area contributed by atoms with E-state index < -0.39 is 47.2 Å². The fourth-order valence-corrected chi connectivity index (χ4v) is 8.06. The number of carbonyl (C=O) groups is 4. The molecule has 336 valence electrons. The molecule has 1 aromatic heterocycles. The minimum atomic E-state index is -0.977. The average Bonchev–Trinajstić information content (AvgIpc) is 3.58. The number of aromatic hydroxyl groups is 1. The Labute approximate surface area is 365 Å². The predicted molar refractivity (Wildman–Crippen MR) is 226 cm³/mol. The summed E-state index contributed by atoms with van der Waals surface area (Å²) in [6.45, 7) is 3.35. The van der Waals surface area contributed by atoms with E-state index in [-0.39, 0.29) is 91.5 Å². The number of primary amides is 1. The standard InChI is InChI=1S/C42H48ClF2N9O9/c1-51(15-16-61-17-18-62-19-20-63-25-5-6-26-24(21-25)23-54(40(26)59)30-7-8-32(56)48-39(30)58)33(57)9-10-47-42-49-37-27(38(50-42)52-11-13-53(14-12-52)41(46)60)22-28(43)34(36(37)45)35-29(44)3-2-4-31(35)55/h2-6,21-22,30,40,55,59H,7-20,23H2,1H3,(H2,46,60)(H,47,49,50)(H,48,56,58). The van der Waals surface area contributed by atoms with Crippen molar-refractivity contribution >= 4 is 58.0 Å². The lowest BCUT2D eigenvalue weighted by atomic mass is 10.0. The third-order valence-electron chi connectivity index (χ3n) is 11.2. The summed E-state index contributed by atoms with van der Waals surface area (Å²) >= 11 is 6.53. The van der Waals surface area contributed by atoms with Gasteiger partial charge >= 0.3 is 6.03 Å². The molecule has 0 bridgehead atoms. The number of halogens is 3. The van der Waals surface area contributed by atoms with Gasteiger partial charge in [-0.3, -0.25) is 24.6 Å². The van der Waals surface area contributed by atoms with Crippen LogP contribution >= 0.6 is 11.6 Å². The number of benzene rings is 3. The molecule has 0 spiro atoms. The molecule has 3 aliphatic rings. The number of ether oxygens (including phenoxy) is 3. The Morgan fingerprint density at radius 3 is 2.49 bits per heavy atom. The number of nitrogens with one attached hydrogen (secondary N) is 2. The van der Waals surface area contributed by atoms with Crippen molar-refractivity contribution in [2.24, 2.45) is 5.73 Å². The van der Waals surface area contributed by atoms with Crippen LogP contribution in [0.1, 0.15) is 36.6 Å². The van der Waals surface area contributed by atoms with Crippen LogP contribution < -0.4 is 26.0 Å². The van der Waals surface area contributed by atoms with E-state index in [9.17, 15) is 33.8 Å². The van der Waals surface area contributed by atoms with Gasteiger partial charge in [0.25, 0.3) is 0 Å². The first-order valence-corrected chi connectivity index (χ1v) is 20.8. The Morgan fingerprint density at radius 2 is 1.76 bits per heavy atom. The number of phenols is 1. The number of rotatable bonds is 17. The second-order valence-electron chi connectivity index (χ2n) is 15.2. The number of fused-ring (bicyclic) bond motifs is 2. The van der Waals surface area contributed by atoms with E-state index in [4.69, 9.17) is 31.5 Å². The molecular formula is C42H48ClF2N9O9. The lowest BCUT2D eigenvalue weighted by Crippen LogP contribution is -2.51. The molecule has 5 amide bonds. The molecule has 3 aliphatic heterocycles. The maximum atomic E-state index is 16.4. The van der Waals surface area contributed by atoms with Gasteiger partial charge in [-0.1, -0.05) is 23.7 Å². The van der Waals surface area contributed by atoms with Gasteiger partial charge in [0, 0.05) is 82.2 Å². The fourth-order valence-electron chi connectivity index (χ4n) is 7.77. The molecule has 18 nitrogen and oxygen atoms in total. The first-order valence-electron chi connectivity index (χ1n) is 20.4. The molecule has 7 rings (SSSR count). The maximum Gasteiger partial charge on any atom is 0.314 e. The summed E-state index contributed by atoms with van der Waals surface area (Å²) in [5, 5.41) is 26.6. The number of aliphatic hydroxyl groups excluding tert-OH is 1. The summed E-state index contributed by atoms with van der Waals surface area (Å²) in [6, 6.07) is 9.17. The number of nitrogens with two attached hydrogens (primary N) is 1. The number of nitrogens with zero attached hydrogens (tertiary/aromatic N) is 6. The van der Waals surface area contributed by atoms with Gasteiger partial charge in [-0.25, -0.2) is 18.6 Å². The van der Waals surface area contributed by atoms with E-state index in [2.05, 4.69) is 20.6 Å². The molecule has 2 fully saturated rings. The lowest BCUT2D eigenvalue weighted by Gasteiger charge is -2.35. The summed E-state index contributed by atoms with van der Waals surface area (Å²) in [5.41, 5.74) is 6.01. The topological polar surface area (TPSA) is 225 Å². The number of imide groups is 1. The number of hydrogen-bond acceptors (Lipinski definition) is 14. The first kappa shape index (κ1) is 45.1. The van der Waals surface area contributed by atoms with E-state index in [0.717, 1.165) is 11.6 Å². The fraction of sp³-hybridized carbons (Fsp3) is 0.429. The second-order valence-corrected chi connectivity index (χ2v) is 15.6. The maximum absolute atomic E-state index is 16.4. The van der Waals surface area contributed by atoms with Gasteiger partial charge in [-0.2, -0.15) is 4.98 Å². The second kappa shape index (κ2) is 20.1. The van der Waals surface area contributed by atoms with Crippen LogP contribution in [0.3, 0.4) is 0 Å². The highest BCUT2D eigenvalue weighted by Crippen LogP contribution is 2.43. The minimum Gasteiger partial charge on any atom is -0.507 e. The Bertz CT molecular complexity index is 2350. The summed E-state index contributed by atoms with van der Waals surface area (Å²) in [6.07, 6.45) is -0.345. The van der Waals surface area contributed by atoms with Crippen molar-refractivity contribution in [2.45, 2.75) is 38.1 Å². The van der Waals surface area contributed by atoms with E-state index in [1.165, 1.54) is 28.0 Å². The summed E-state index contributed by atoms with van der Waals surface area (Å²) in [5.74, 6) is -2.39. The Hall–Kier alpha value is -5.93. The van der Waals surface area contributed by atoms with E-state index in [1.54, 1.807) is 24.1 Å². The van der Waals surface area contributed by atoms with Gasteiger partial charge in [0.2, 0.25) is 23.7 Å². The van der Waals surface area contributed by atoms with Gasteiger partial charge in [0.15, 0.2) is 5.82 Å². The highest BCUT2D eigenvalue weighted by atomic mass is 35.5. The van der Waals surface area contributed by atoms with Gasteiger partial charge in [-0.05, 0) is 42.3 Å². The molecule has 4 aromatic rings. The van der Waals surface area contributed by atoms with Gasteiger partial charge in [-0.15, -0.1) is 0 Å². The molecule has 0 aliphatic carbocycles. The van der Waals surface area contributed by atoms with Gasteiger partial charge in [0.1, 0.15) is 41.5 Å². The number of amides is 5. The number of phenolic OH excluding ortho intramolecular Hbond substituents is 1. The van der Waals surface area contributed by atoms with Crippen LogP contribution in [0.15, 0.2) is 42.5 Å². The highest BCUT2D eigenvalue weighted by molar-refractivity contribution is 6.34. The zero-order chi connectivity index (χ0) is 44.8. The van der Waals surface area contributed by atoms with Crippen molar-refractivity contribution in [3.05, 3.63) is 70.2 Å². The molecule has 21 heteroatoms. The molecule has 2 atom stereocenters. The highest BCUT2D eigenvalue weighted by Gasteiger charge is 2.40. The van der Waals surface area contributed by atoms with Crippen LogP contribution in [0.5, 0.6) is 11.5 Å². The molecule has 0 radical (unpaired) electrons. The molecule has 6 N–H and O–H groups in total. The van der Waals surface area contributed by atoms with E-state index in [1.807, 2.05) is 11.0 Å². The number of anilines is 2. The summed E-state index contributed by atoms with van der Waals surface area (Å²) in [7, 11) is 1.64. The monoisotopic (exact) mass is 895 g/mol. The number of aromatic nitrogens is 2. The molecule has 3 aromatic carbocycles. The van der Waals surface area contributed by atoms with Crippen molar-refractivity contribution < 1.29 is 52.4 Å².